The largest absolute Gasteiger partial charge is 0.300 e. The van der Waals surface area contributed by atoms with Gasteiger partial charge in [-0.2, -0.15) is 0 Å². The highest BCUT2D eigenvalue weighted by Gasteiger charge is 2.19. The van der Waals surface area contributed by atoms with Crippen LogP contribution >= 0.6 is 0 Å². The monoisotopic (exact) mass is 575 g/mol. The Bertz CT molecular complexity index is 2370. The van der Waals surface area contributed by atoms with Crippen molar-refractivity contribution >= 4 is 48.8 Å². The van der Waals surface area contributed by atoms with E-state index < -0.39 is 0 Å². The summed E-state index contributed by atoms with van der Waals surface area (Å²) in [5.74, 6) is 0. The molecule has 7 rings (SSSR count). The van der Waals surface area contributed by atoms with Crippen LogP contribution in [0.1, 0.15) is 12.5 Å². The predicted octanol–water partition coefficient (Wildman–Crippen LogP) is 12.2. The topological polar surface area (TPSA) is 23.9 Å². The van der Waals surface area contributed by atoms with Gasteiger partial charge in [0.2, 0.25) is 0 Å². The van der Waals surface area contributed by atoms with Crippen LogP contribution in [0.2, 0.25) is 0 Å². The van der Waals surface area contributed by atoms with Crippen LogP contribution in [0, 0.1) is 5.41 Å². The third-order valence-corrected chi connectivity index (χ3v) is 8.68. The molecular weight excluding hydrogens is 542 g/mol. The highest BCUT2D eigenvalue weighted by molar-refractivity contribution is 6.26. The Hall–Kier alpha value is -5.79. The molecule has 7 aromatic carbocycles. The first kappa shape index (κ1) is 28.0. The van der Waals surface area contributed by atoms with E-state index >= 15 is 0 Å². The van der Waals surface area contributed by atoms with E-state index in [1.165, 1.54) is 60.0 Å². The Kier molecular flexibility index (Phi) is 7.29. The lowest BCUT2D eigenvalue weighted by Gasteiger charge is -2.20. The van der Waals surface area contributed by atoms with E-state index in [9.17, 15) is 0 Å². The van der Waals surface area contributed by atoms with Gasteiger partial charge in [-0.15, -0.1) is 0 Å². The zero-order valence-corrected chi connectivity index (χ0v) is 25.3. The normalized spacial score (nSPS) is 11.8. The van der Waals surface area contributed by atoms with Crippen molar-refractivity contribution in [3.63, 3.8) is 0 Å². The first-order valence-electron chi connectivity index (χ1n) is 15.3. The van der Waals surface area contributed by atoms with Gasteiger partial charge in [0.15, 0.2) is 0 Å². The molecule has 0 aromatic heterocycles. The zero-order valence-electron chi connectivity index (χ0n) is 25.3. The summed E-state index contributed by atoms with van der Waals surface area (Å²) < 4.78 is 0. The van der Waals surface area contributed by atoms with Crippen molar-refractivity contribution in [3.8, 4) is 22.3 Å². The summed E-state index contributed by atoms with van der Waals surface area (Å²) in [5, 5.41) is 18.6. The molecule has 0 spiro atoms. The van der Waals surface area contributed by atoms with Gasteiger partial charge in [0, 0.05) is 5.56 Å². The van der Waals surface area contributed by atoms with Crippen molar-refractivity contribution in [1.29, 1.82) is 5.41 Å². The van der Waals surface area contributed by atoms with E-state index in [1.807, 2.05) is 31.2 Å². The number of benzene rings is 7. The van der Waals surface area contributed by atoms with E-state index in [0.29, 0.717) is 5.71 Å². The lowest BCUT2D eigenvalue weighted by atomic mass is 9.83. The predicted molar refractivity (Wildman–Crippen MR) is 196 cm³/mol. The summed E-state index contributed by atoms with van der Waals surface area (Å²) in [4.78, 5) is 0. The van der Waals surface area contributed by atoms with Crippen molar-refractivity contribution in [2.24, 2.45) is 0 Å². The Morgan fingerprint density at radius 2 is 0.956 bits per heavy atom. The maximum absolute atomic E-state index is 9.06. The first-order valence-corrected chi connectivity index (χ1v) is 15.3. The third-order valence-electron chi connectivity index (χ3n) is 8.68. The summed E-state index contributed by atoms with van der Waals surface area (Å²) in [7, 11) is 0. The molecule has 0 saturated heterocycles. The second-order valence-electron chi connectivity index (χ2n) is 11.4. The number of fused-ring (bicyclic) bond motifs is 4. The molecule has 0 atom stereocenters. The average Bonchev–Trinajstić information content (AvgIpc) is 3.09. The van der Waals surface area contributed by atoms with Gasteiger partial charge in [0.25, 0.3) is 0 Å². The summed E-state index contributed by atoms with van der Waals surface area (Å²) in [6, 6.07) is 45.6. The van der Waals surface area contributed by atoms with E-state index in [4.69, 9.17) is 5.41 Å². The smallest absolute Gasteiger partial charge is 0.0612 e. The van der Waals surface area contributed by atoms with Crippen molar-refractivity contribution in [2.75, 3.05) is 0 Å². The Balaban J connectivity index is 1.56. The SMILES string of the molecule is C=C(/C=C\C)C(=C)/C=C\C(=N)c1ccc2c(-c3cccc4ccccc34)c3ccccc3c(-c3cccc4ccccc34)c2c1. The highest BCUT2D eigenvalue weighted by Crippen LogP contribution is 2.46. The van der Waals surface area contributed by atoms with Crippen LogP contribution in [0.5, 0.6) is 0 Å². The van der Waals surface area contributed by atoms with Gasteiger partial charge in [-0.05, 0) is 95.6 Å². The number of nitrogens with one attached hydrogen (secondary N) is 1. The van der Waals surface area contributed by atoms with Gasteiger partial charge in [-0.3, -0.25) is 0 Å². The fourth-order valence-electron chi connectivity index (χ4n) is 6.51. The second-order valence-corrected chi connectivity index (χ2v) is 11.4. The fraction of sp³-hybridized carbons (Fsp3) is 0.0227. The molecule has 0 saturated carbocycles. The van der Waals surface area contributed by atoms with Crippen molar-refractivity contribution in [1.82, 2.24) is 0 Å². The molecule has 0 amide bonds. The summed E-state index contributed by atoms with van der Waals surface area (Å²) in [6.07, 6.45) is 7.58. The first-order chi connectivity index (χ1) is 22.0. The molecule has 0 unspecified atom stereocenters. The minimum Gasteiger partial charge on any atom is -0.300 e. The molecule has 0 heterocycles. The standard InChI is InChI=1S/C44H33N/c1-4-13-29(2)30(3)24-27-42(45)33-25-26-40-41(28-33)44(37-23-12-17-32-15-6-8-19-35(32)37)39-21-10-9-20-38(39)43(40)36-22-11-16-31-14-5-7-18-34(31)36/h4-28,45H,2-3H2,1H3/b13-4-,27-24-,45-42?. The van der Waals surface area contributed by atoms with Gasteiger partial charge in [-0.25, -0.2) is 0 Å². The summed E-state index contributed by atoms with van der Waals surface area (Å²) in [5.41, 5.74) is 7.70. The minimum atomic E-state index is 0.426. The maximum atomic E-state index is 9.06. The number of rotatable bonds is 7. The van der Waals surface area contributed by atoms with Crippen molar-refractivity contribution in [3.05, 3.63) is 182 Å². The van der Waals surface area contributed by atoms with Gasteiger partial charge >= 0.3 is 0 Å². The minimum absolute atomic E-state index is 0.426. The molecule has 1 nitrogen and oxygen atoms in total. The molecule has 1 heteroatoms. The van der Waals surface area contributed by atoms with Crippen LogP contribution in [0.3, 0.4) is 0 Å². The van der Waals surface area contributed by atoms with Crippen LogP contribution in [-0.2, 0) is 0 Å². The second kappa shape index (κ2) is 11.7. The lowest BCUT2D eigenvalue weighted by Crippen LogP contribution is -1.97. The molecule has 0 fully saturated rings. The molecule has 45 heavy (non-hydrogen) atoms. The van der Waals surface area contributed by atoms with E-state index in [-0.39, 0.29) is 0 Å². The maximum Gasteiger partial charge on any atom is 0.0612 e. The van der Waals surface area contributed by atoms with Crippen molar-refractivity contribution in [2.45, 2.75) is 6.92 Å². The van der Waals surface area contributed by atoms with Crippen LogP contribution in [0.15, 0.2) is 176 Å². The van der Waals surface area contributed by atoms with Gasteiger partial charge in [0.1, 0.15) is 0 Å². The quantitative estimate of drug-likeness (QED) is 0.111. The number of hydrogen-bond acceptors (Lipinski definition) is 1. The van der Waals surface area contributed by atoms with E-state index in [1.54, 1.807) is 0 Å². The molecule has 0 aliphatic rings. The highest BCUT2D eigenvalue weighted by atomic mass is 14.4. The van der Waals surface area contributed by atoms with Crippen LogP contribution < -0.4 is 0 Å². The molecule has 0 radical (unpaired) electrons. The van der Waals surface area contributed by atoms with Gasteiger partial charge < -0.3 is 5.41 Å². The third kappa shape index (κ3) is 4.99. The number of allylic oxidation sites excluding steroid dienone is 6. The van der Waals surface area contributed by atoms with Crippen LogP contribution in [0.4, 0.5) is 0 Å². The Labute approximate surface area is 264 Å². The summed E-state index contributed by atoms with van der Waals surface area (Å²) in [6.45, 7) is 10.2. The summed E-state index contributed by atoms with van der Waals surface area (Å²) >= 11 is 0. The van der Waals surface area contributed by atoms with Crippen LogP contribution in [0.25, 0.3) is 65.3 Å². The molecule has 0 aliphatic heterocycles. The van der Waals surface area contributed by atoms with E-state index in [0.717, 1.165) is 22.1 Å². The fourth-order valence-corrected chi connectivity index (χ4v) is 6.51. The molecule has 0 aliphatic carbocycles. The van der Waals surface area contributed by atoms with Gasteiger partial charge in [-0.1, -0.05) is 153 Å². The van der Waals surface area contributed by atoms with Gasteiger partial charge in [0.05, 0.1) is 5.71 Å². The Morgan fingerprint density at radius 1 is 0.489 bits per heavy atom. The Morgan fingerprint density at radius 3 is 1.53 bits per heavy atom. The lowest BCUT2D eigenvalue weighted by molar-refractivity contribution is 1.49. The van der Waals surface area contributed by atoms with Crippen LogP contribution in [-0.4, -0.2) is 5.71 Å². The average molecular weight is 576 g/mol. The zero-order chi connectivity index (χ0) is 30.9. The molecular formula is C44H33N. The molecule has 1 N–H and O–H groups in total. The van der Waals surface area contributed by atoms with E-state index in [2.05, 4.69) is 141 Å². The number of hydrogen-bond donors (Lipinski definition) is 1. The van der Waals surface area contributed by atoms with Crippen molar-refractivity contribution < 1.29 is 0 Å². The molecule has 7 aromatic rings. The molecule has 0 bridgehead atoms. The molecule has 214 valence electrons.